The van der Waals surface area contributed by atoms with E-state index in [1.54, 1.807) is 18.2 Å². The molecule has 0 saturated heterocycles. The van der Waals surface area contributed by atoms with Gasteiger partial charge < -0.3 is 10.4 Å². The number of carbonyl (C=O) groups excluding carboxylic acids is 1. The number of carbonyl (C=O) groups is 1. The number of phenols is 1. The van der Waals surface area contributed by atoms with E-state index >= 15 is 0 Å². The monoisotopic (exact) mass is 314 g/mol. The Kier molecular flexibility index (Phi) is 4.02. The van der Waals surface area contributed by atoms with E-state index in [9.17, 15) is 9.90 Å². The molecule has 0 unspecified atom stereocenters. The van der Waals surface area contributed by atoms with Gasteiger partial charge in [0.2, 0.25) is 5.91 Å². The van der Waals surface area contributed by atoms with E-state index < -0.39 is 0 Å². The average molecular weight is 314 g/mol. The van der Waals surface area contributed by atoms with Crippen LogP contribution in [0.4, 0.5) is 5.69 Å². The number of anilines is 1. The van der Waals surface area contributed by atoms with Crippen LogP contribution >= 0.6 is 11.8 Å². The minimum Gasteiger partial charge on any atom is -0.508 e. The lowest BCUT2D eigenvalue weighted by Crippen LogP contribution is -2.29. The van der Waals surface area contributed by atoms with E-state index in [2.05, 4.69) is 10.3 Å². The molecule has 1 aromatic heterocycles. The summed E-state index contributed by atoms with van der Waals surface area (Å²) in [5, 5.41) is 13.1. The summed E-state index contributed by atoms with van der Waals surface area (Å²) in [4.78, 5) is 15.3. The van der Waals surface area contributed by atoms with Gasteiger partial charge in [-0.25, -0.2) is 9.55 Å². The Labute approximate surface area is 132 Å². The number of fused-ring (bicyclic) bond motifs is 1. The van der Waals surface area contributed by atoms with Crippen LogP contribution in [-0.4, -0.2) is 21.8 Å². The molecule has 0 saturated carbocycles. The zero-order valence-corrected chi connectivity index (χ0v) is 12.9. The third-order valence-electron chi connectivity index (χ3n) is 3.28. The summed E-state index contributed by atoms with van der Waals surface area (Å²) in [6, 6.07) is 14.5. The number of phenolic OH excluding ortho intramolecular Hbond substituents is 1. The van der Waals surface area contributed by atoms with Gasteiger partial charge in [0.25, 0.3) is 0 Å². The third kappa shape index (κ3) is 3.07. The number of amides is 1. The number of H-pyrrole nitrogens is 1. The molecule has 1 amide bonds. The number of aromatic hydroxyl groups is 1. The SMILES string of the molecule is C[n+]1c(SCC(=O)Nc2cccc(O)c2)[nH]c2ccccc21. The number of hydrogen-bond donors (Lipinski definition) is 3. The van der Waals surface area contributed by atoms with Crippen molar-refractivity contribution in [2.75, 3.05) is 11.1 Å². The van der Waals surface area contributed by atoms with Crippen molar-refractivity contribution < 1.29 is 14.5 Å². The molecule has 22 heavy (non-hydrogen) atoms. The maximum Gasteiger partial charge on any atom is 0.317 e. The molecule has 112 valence electrons. The Bertz CT molecular complexity index is 829. The highest BCUT2D eigenvalue weighted by molar-refractivity contribution is 7.99. The second-order valence-electron chi connectivity index (χ2n) is 4.89. The van der Waals surface area contributed by atoms with Gasteiger partial charge in [-0.15, -0.1) is 0 Å². The number of imidazole rings is 1. The molecule has 0 aliphatic carbocycles. The highest BCUT2D eigenvalue weighted by Crippen LogP contribution is 2.19. The number of aromatic nitrogens is 2. The molecule has 3 rings (SSSR count). The topological polar surface area (TPSA) is 69.0 Å². The normalized spacial score (nSPS) is 10.8. The van der Waals surface area contributed by atoms with Crippen LogP contribution in [0.3, 0.4) is 0 Å². The molecule has 0 atom stereocenters. The van der Waals surface area contributed by atoms with Crippen molar-refractivity contribution in [3.05, 3.63) is 48.5 Å². The van der Waals surface area contributed by atoms with Crippen molar-refractivity contribution in [1.29, 1.82) is 0 Å². The average Bonchev–Trinajstić information content (AvgIpc) is 2.82. The number of hydrogen-bond acceptors (Lipinski definition) is 3. The first-order valence-electron chi connectivity index (χ1n) is 6.82. The third-order valence-corrected chi connectivity index (χ3v) is 4.34. The van der Waals surface area contributed by atoms with E-state index in [1.807, 2.05) is 35.9 Å². The van der Waals surface area contributed by atoms with E-state index in [0.29, 0.717) is 5.69 Å². The predicted octanol–water partition coefficient (Wildman–Crippen LogP) is 2.43. The van der Waals surface area contributed by atoms with Gasteiger partial charge in [-0.3, -0.25) is 4.79 Å². The first kappa shape index (κ1) is 14.5. The Morgan fingerprint density at radius 2 is 2.09 bits per heavy atom. The molecule has 5 nitrogen and oxygen atoms in total. The van der Waals surface area contributed by atoms with Gasteiger partial charge in [-0.1, -0.05) is 18.2 Å². The van der Waals surface area contributed by atoms with Crippen LogP contribution in [-0.2, 0) is 11.8 Å². The number of nitrogens with one attached hydrogen (secondary N) is 2. The summed E-state index contributed by atoms with van der Waals surface area (Å²) in [5.41, 5.74) is 2.73. The van der Waals surface area contributed by atoms with Gasteiger partial charge in [0.05, 0.1) is 12.8 Å². The molecule has 6 heteroatoms. The second-order valence-corrected chi connectivity index (χ2v) is 5.86. The first-order chi connectivity index (χ1) is 10.6. The van der Waals surface area contributed by atoms with Crippen molar-refractivity contribution in [1.82, 2.24) is 4.98 Å². The Morgan fingerprint density at radius 1 is 1.27 bits per heavy atom. The predicted molar refractivity (Wildman–Crippen MR) is 86.9 cm³/mol. The molecular weight excluding hydrogens is 298 g/mol. The summed E-state index contributed by atoms with van der Waals surface area (Å²) < 4.78 is 2.03. The Hall–Kier alpha value is -2.47. The summed E-state index contributed by atoms with van der Waals surface area (Å²) in [5.74, 6) is 0.304. The maximum atomic E-state index is 12.0. The highest BCUT2D eigenvalue weighted by atomic mass is 32.2. The number of para-hydroxylation sites is 2. The zero-order chi connectivity index (χ0) is 15.5. The van der Waals surface area contributed by atoms with Gasteiger partial charge in [0.15, 0.2) is 11.0 Å². The lowest BCUT2D eigenvalue weighted by molar-refractivity contribution is -0.683. The molecule has 0 aliphatic rings. The van der Waals surface area contributed by atoms with Crippen molar-refractivity contribution in [3.8, 4) is 5.75 Å². The van der Waals surface area contributed by atoms with Gasteiger partial charge in [0.1, 0.15) is 5.75 Å². The van der Waals surface area contributed by atoms with E-state index in [0.717, 1.165) is 16.2 Å². The first-order valence-corrected chi connectivity index (χ1v) is 7.80. The standard InChI is InChI=1S/C16H15N3O2S/c1-19-14-8-3-2-7-13(14)18-16(19)22-10-15(21)17-11-5-4-6-12(20)9-11/h2-9H,10H2,1H3,(H2,17,20,21)/p+1. The lowest BCUT2D eigenvalue weighted by atomic mass is 10.3. The summed E-state index contributed by atoms with van der Waals surface area (Å²) in [7, 11) is 1.97. The number of rotatable bonds is 4. The van der Waals surface area contributed by atoms with Crippen LogP contribution < -0.4 is 9.88 Å². The molecule has 0 aliphatic heterocycles. The van der Waals surface area contributed by atoms with E-state index in [1.165, 1.54) is 17.8 Å². The van der Waals surface area contributed by atoms with Crippen LogP contribution in [0.25, 0.3) is 11.0 Å². The van der Waals surface area contributed by atoms with Gasteiger partial charge in [-0.05, 0) is 36.0 Å². The molecule has 0 radical (unpaired) electrons. The van der Waals surface area contributed by atoms with E-state index in [-0.39, 0.29) is 17.4 Å². The maximum absolute atomic E-state index is 12.0. The molecule has 3 N–H and O–H groups in total. The molecule has 0 spiro atoms. The number of thioether (sulfide) groups is 1. The van der Waals surface area contributed by atoms with Gasteiger partial charge in [0, 0.05) is 11.8 Å². The molecule has 2 aromatic carbocycles. The van der Waals surface area contributed by atoms with Crippen LogP contribution in [0.2, 0.25) is 0 Å². The zero-order valence-electron chi connectivity index (χ0n) is 12.0. The van der Waals surface area contributed by atoms with Crippen LogP contribution in [0.1, 0.15) is 0 Å². The number of benzene rings is 2. The Balaban J connectivity index is 1.66. The molecule has 0 bridgehead atoms. The fourth-order valence-electron chi connectivity index (χ4n) is 2.23. The smallest absolute Gasteiger partial charge is 0.317 e. The van der Waals surface area contributed by atoms with Gasteiger partial charge >= 0.3 is 5.16 Å². The molecule has 3 aromatic rings. The minimum absolute atomic E-state index is 0.116. The number of aromatic amines is 1. The molecule has 0 fully saturated rings. The lowest BCUT2D eigenvalue weighted by Gasteiger charge is -2.04. The summed E-state index contributed by atoms with van der Waals surface area (Å²) in [6.45, 7) is 0. The summed E-state index contributed by atoms with van der Waals surface area (Å²) in [6.07, 6.45) is 0. The fraction of sp³-hybridized carbons (Fsp3) is 0.125. The minimum atomic E-state index is -0.116. The highest BCUT2D eigenvalue weighted by Gasteiger charge is 2.16. The number of nitrogens with zero attached hydrogens (tertiary/aromatic N) is 1. The van der Waals surface area contributed by atoms with Crippen LogP contribution in [0, 0.1) is 0 Å². The fourth-order valence-corrected chi connectivity index (χ4v) is 3.04. The van der Waals surface area contributed by atoms with Crippen LogP contribution in [0.15, 0.2) is 53.7 Å². The Morgan fingerprint density at radius 3 is 2.86 bits per heavy atom. The van der Waals surface area contributed by atoms with Crippen LogP contribution in [0.5, 0.6) is 5.75 Å². The van der Waals surface area contributed by atoms with Crippen molar-refractivity contribution >= 4 is 34.4 Å². The van der Waals surface area contributed by atoms with E-state index in [4.69, 9.17) is 0 Å². The quantitative estimate of drug-likeness (QED) is 0.512. The van der Waals surface area contributed by atoms with Crippen molar-refractivity contribution in [2.24, 2.45) is 7.05 Å². The largest absolute Gasteiger partial charge is 0.508 e. The number of aryl methyl sites for hydroxylation is 1. The molecule has 1 heterocycles. The van der Waals surface area contributed by atoms with Crippen molar-refractivity contribution in [2.45, 2.75) is 5.16 Å². The van der Waals surface area contributed by atoms with Crippen molar-refractivity contribution in [3.63, 3.8) is 0 Å². The van der Waals surface area contributed by atoms with Gasteiger partial charge in [-0.2, -0.15) is 0 Å². The molecular formula is C16H16N3O2S+. The second kappa shape index (κ2) is 6.11. The summed E-state index contributed by atoms with van der Waals surface area (Å²) >= 11 is 1.44.